The van der Waals surface area contributed by atoms with Crippen molar-refractivity contribution >= 4 is 23.4 Å². The van der Waals surface area contributed by atoms with Crippen LogP contribution in [0.1, 0.15) is 35.2 Å². The summed E-state index contributed by atoms with van der Waals surface area (Å²) in [6.45, 7) is 2.34. The SMILES string of the molecule is CC1=C(C(=O)OCc2ccccc2)C(c2ccc(OCc3ccccc3)cc2)n2c(sc(=Cc3ccccc3)c2=O)=N1. The predicted octanol–water partition coefficient (Wildman–Crippen LogP) is 5.56. The van der Waals surface area contributed by atoms with Gasteiger partial charge in [0.2, 0.25) is 0 Å². The van der Waals surface area contributed by atoms with Crippen LogP contribution in [0, 0.1) is 0 Å². The lowest BCUT2D eigenvalue weighted by Gasteiger charge is -2.25. The number of carbonyl (C=O) groups is 1. The Balaban J connectivity index is 1.37. The molecule has 0 saturated carbocycles. The van der Waals surface area contributed by atoms with Crippen molar-refractivity contribution in [2.75, 3.05) is 0 Å². The summed E-state index contributed by atoms with van der Waals surface area (Å²) in [7, 11) is 0. The monoisotopic (exact) mass is 572 g/mol. The average molecular weight is 573 g/mol. The number of carbonyl (C=O) groups excluding carboxylic acids is 1. The molecule has 42 heavy (non-hydrogen) atoms. The summed E-state index contributed by atoms with van der Waals surface area (Å²) in [5.41, 5.74) is 4.26. The van der Waals surface area contributed by atoms with Crippen molar-refractivity contribution in [3.05, 3.63) is 168 Å². The van der Waals surface area contributed by atoms with Gasteiger partial charge in [-0.25, -0.2) is 9.79 Å². The van der Waals surface area contributed by atoms with Crippen molar-refractivity contribution in [3.8, 4) is 5.75 Å². The molecular weight excluding hydrogens is 544 g/mol. The Labute approximate surface area is 247 Å². The Morgan fingerprint density at radius 1 is 0.833 bits per heavy atom. The zero-order chi connectivity index (χ0) is 28.9. The predicted molar refractivity (Wildman–Crippen MR) is 164 cm³/mol. The quantitative estimate of drug-likeness (QED) is 0.229. The van der Waals surface area contributed by atoms with Crippen LogP contribution in [0.25, 0.3) is 6.08 Å². The van der Waals surface area contributed by atoms with E-state index in [-0.39, 0.29) is 12.2 Å². The second-order valence-electron chi connectivity index (χ2n) is 9.90. The van der Waals surface area contributed by atoms with Gasteiger partial charge in [0, 0.05) is 0 Å². The van der Waals surface area contributed by atoms with E-state index in [0.29, 0.717) is 33.0 Å². The van der Waals surface area contributed by atoms with Gasteiger partial charge < -0.3 is 9.47 Å². The zero-order valence-corrected chi connectivity index (χ0v) is 23.8. The van der Waals surface area contributed by atoms with Crippen LogP contribution >= 0.6 is 11.3 Å². The molecule has 0 aliphatic carbocycles. The summed E-state index contributed by atoms with van der Waals surface area (Å²) >= 11 is 1.31. The maximum absolute atomic E-state index is 13.9. The average Bonchev–Trinajstić information content (AvgIpc) is 3.33. The molecule has 1 unspecified atom stereocenters. The van der Waals surface area contributed by atoms with E-state index in [9.17, 15) is 9.59 Å². The third-order valence-corrected chi connectivity index (χ3v) is 7.98. The summed E-state index contributed by atoms with van der Waals surface area (Å²) in [5, 5.41) is 0. The first kappa shape index (κ1) is 27.2. The smallest absolute Gasteiger partial charge is 0.338 e. The van der Waals surface area contributed by atoms with Gasteiger partial charge in [-0.2, -0.15) is 0 Å². The molecule has 2 heterocycles. The van der Waals surface area contributed by atoms with Crippen molar-refractivity contribution in [1.29, 1.82) is 0 Å². The minimum absolute atomic E-state index is 0.119. The molecular formula is C35H28N2O4S. The van der Waals surface area contributed by atoms with Gasteiger partial charge in [-0.3, -0.25) is 9.36 Å². The van der Waals surface area contributed by atoms with Crippen molar-refractivity contribution in [3.63, 3.8) is 0 Å². The van der Waals surface area contributed by atoms with E-state index < -0.39 is 12.0 Å². The van der Waals surface area contributed by atoms with E-state index >= 15 is 0 Å². The van der Waals surface area contributed by atoms with Crippen LogP contribution in [-0.2, 0) is 22.7 Å². The van der Waals surface area contributed by atoms with Crippen molar-refractivity contribution in [2.45, 2.75) is 26.2 Å². The Kier molecular flexibility index (Phi) is 7.92. The summed E-state index contributed by atoms with van der Waals surface area (Å²) in [5.74, 6) is 0.180. The van der Waals surface area contributed by atoms with Crippen molar-refractivity contribution < 1.29 is 14.3 Å². The highest BCUT2D eigenvalue weighted by molar-refractivity contribution is 7.07. The van der Waals surface area contributed by atoms with E-state index in [1.165, 1.54) is 11.3 Å². The number of thiazole rings is 1. The lowest BCUT2D eigenvalue weighted by Crippen LogP contribution is -2.39. The summed E-state index contributed by atoms with van der Waals surface area (Å²) in [4.78, 5) is 32.7. The van der Waals surface area contributed by atoms with Gasteiger partial charge in [0.05, 0.1) is 21.8 Å². The molecule has 1 aliphatic rings. The van der Waals surface area contributed by atoms with Crippen LogP contribution in [0.4, 0.5) is 0 Å². The molecule has 0 N–H and O–H groups in total. The van der Waals surface area contributed by atoms with E-state index in [4.69, 9.17) is 14.5 Å². The Bertz CT molecular complexity index is 1910. The second-order valence-corrected chi connectivity index (χ2v) is 10.9. The first-order chi connectivity index (χ1) is 20.6. The second kappa shape index (κ2) is 12.2. The molecule has 0 radical (unpaired) electrons. The molecule has 1 aliphatic heterocycles. The number of fused-ring (bicyclic) bond motifs is 1. The molecule has 0 spiro atoms. The van der Waals surface area contributed by atoms with E-state index in [1.54, 1.807) is 11.5 Å². The van der Waals surface area contributed by atoms with Gasteiger partial charge in [0.25, 0.3) is 5.56 Å². The minimum atomic E-state index is -0.703. The Hall–Kier alpha value is -5.01. The van der Waals surface area contributed by atoms with Crippen molar-refractivity contribution in [1.82, 2.24) is 4.57 Å². The molecule has 1 atom stereocenters. The topological polar surface area (TPSA) is 69.9 Å². The minimum Gasteiger partial charge on any atom is -0.489 e. The van der Waals surface area contributed by atoms with Crippen LogP contribution in [0.5, 0.6) is 5.75 Å². The number of ether oxygens (including phenoxy) is 2. The van der Waals surface area contributed by atoms with Gasteiger partial charge in [-0.1, -0.05) is 114 Å². The van der Waals surface area contributed by atoms with Gasteiger partial charge >= 0.3 is 5.97 Å². The summed E-state index contributed by atoms with van der Waals surface area (Å²) in [6, 6.07) is 35.9. The van der Waals surface area contributed by atoms with E-state index in [0.717, 1.165) is 22.3 Å². The number of aromatic nitrogens is 1. The molecule has 7 heteroatoms. The Morgan fingerprint density at radius 3 is 2.07 bits per heavy atom. The van der Waals surface area contributed by atoms with Crippen LogP contribution in [0.3, 0.4) is 0 Å². The highest BCUT2D eigenvalue weighted by Gasteiger charge is 2.33. The van der Waals surface area contributed by atoms with Gasteiger partial charge in [-0.15, -0.1) is 0 Å². The normalized spacial score (nSPS) is 14.7. The highest BCUT2D eigenvalue weighted by atomic mass is 32.1. The number of hydrogen-bond acceptors (Lipinski definition) is 6. The summed E-state index contributed by atoms with van der Waals surface area (Å²) < 4.78 is 13.9. The van der Waals surface area contributed by atoms with Crippen molar-refractivity contribution in [2.24, 2.45) is 4.99 Å². The summed E-state index contributed by atoms with van der Waals surface area (Å²) in [6.07, 6.45) is 1.86. The molecule has 0 bridgehead atoms. The standard InChI is InChI=1S/C35H28N2O4S/c1-24-31(34(39)41-23-27-15-9-4-10-16-27)32(28-17-19-29(20-18-28)40-22-26-13-7-3-8-14-26)37-33(38)30(42-35(37)36-24)21-25-11-5-2-6-12-25/h2-21,32H,22-23H2,1H3. The van der Waals surface area contributed by atoms with Crippen LogP contribution in [-0.4, -0.2) is 10.5 Å². The molecule has 6 rings (SSSR count). The Morgan fingerprint density at radius 2 is 1.43 bits per heavy atom. The highest BCUT2D eigenvalue weighted by Crippen LogP contribution is 2.32. The van der Waals surface area contributed by atoms with Gasteiger partial charge in [0.1, 0.15) is 19.0 Å². The maximum atomic E-state index is 13.9. The van der Waals surface area contributed by atoms with Crippen LogP contribution in [0.15, 0.2) is 136 Å². The third kappa shape index (κ3) is 5.87. The number of hydrogen-bond donors (Lipinski definition) is 0. The lowest BCUT2D eigenvalue weighted by molar-refractivity contribution is -0.140. The molecule has 208 valence electrons. The largest absolute Gasteiger partial charge is 0.489 e. The fourth-order valence-corrected chi connectivity index (χ4v) is 5.93. The number of esters is 1. The number of nitrogens with zero attached hydrogens (tertiary/aromatic N) is 2. The number of rotatable bonds is 8. The zero-order valence-electron chi connectivity index (χ0n) is 23.0. The lowest BCUT2D eigenvalue weighted by atomic mass is 9.96. The number of allylic oxidation sites excluding steroid dienone is 1. The molecule has 0 amide bonds. The van der Waals surface area contributed by atoms with Gasteiger partial charge in [0.15, 0.2) is 4.80 Å². The first-order valence-electron chi connectivity index (χ1n) is 13.6. The molecule has 0 fully saturated rings. The molecule has 0 saturated heterocycles. The molecule has 4 aromatic carbocycles. The van der Waals surface area contributed by atoms with Crippen LogP contribution < -0.4 is 19.6 Å². The fourth-order valence-electron chi connectivity index (χ4n) is 4.89. The first-order valence-corrected chi connectivity index (χ1v) is 14.4. The molecule has 1 aromatic heterocycles. The third-order valence-electron chi connectivity index (χ3n) is 7.00. The number of benzene rings is 4. The van der Waals surface area contributed by atoms with E-state index in [1.807, 2.05) is 121 Å². The van der Waals surface area contributed by atoms with Gasteiger partial charge in [-0.05, 0) is 47.4 Å². The molecule has 6 nitrogen and oxygen atoms in total. The maximum Gasteiger partial charge on any atom is 0.338 e. The molecule has 5 aromatic rings. The van der Waals surface area contributed by atoms with E-state index in [2.05, 4.69) is 0 Å². The van der Waals surface area contributed by atoms with Crippen LogP contribution in [0.2, 0.25) is 0 Å². The fraction of sp³-hybridized carbons (Fsp3) is 0.114.